The summed E-state index contributed by atoms with van der Waals surface area (Å²) in [4.78, 5) is 31.1. The molecule has 0 aliphatic carbocycles. The van der Waals surface area contributed by atoms with Crippen LogP contribution in [0.4, 0.5) is 0 Å². The fourth-order valence-corrected chi connectivity index (χ4v) is 1.05. The Morgan fingerprint density at radius 2 is 0.786 bits per heavy atom. The number of hydrogen-bond acceptors (Lipinski definition) is 9. The van der Waals surface area contributed by atoms with Gasteiger partial charge in [0.15, 0.2) is 0 Å². The summed E-state index contributed by atoms with van der Waals surface area (Å²) in [6, 6.07) is 0. The third-order valence-corrected chi connectivity index (χ3v) is 1.82. The predicted octanol–water partition coefficient (Wildman–Crippen LogP) is -0.940. The van der Waals surface area contributed by atoms with E-state index in [-0.39, 0.29) is 34.6 Å². The molecule has 0 fully saturated rings. The monoisotopic (exact) mass is 414 g/mol. The molecule has 9 nitrogen and oxygen atoms in total. The molecule has 156 valence electrons. The van der Waals surface area contributed by atoms with Gasteiger partial charge in [0, 0.05) is 18.2 Å². The van der Waals surface area contributed by atoms with E-state index in [1.165, 1.54) is 20.8 Å². The zero-order valence-electron chi connectivity index (χ0n) is 17.1. The van der Waals surface area contributed by atoms with Crippen LogP contribution in [0.2, 0.25) is 0 Å². The Bertz CT molecular complexity index is 449. The van der Waals surface area contributed by atoms with Crippen molar-refractivity contribution < 1.29 is 43.9 Å². The molecule has 0 unspecified atom stereocenters. The Morgan fingerprint density at radius 1 is 0.607 bits per heavy atom. The predicted molar refractivity (Wildman–Crippen MR) is 96.9 cm³/mol. The molecule has 0 aromatic rings. The Kier molecular flexibility index (Phi) is 26.8. The number of carbonyl (C=O) groups excluding carboxylic acids is 3. The van der Waals surface area contributed by atoms with Crippen LogP contribution in [0.15, 0.2) is 35.5 Å². The van der Waals surface area contributed by atoms with Gasteiger partial charge >= 0.3 is 35.3 Å². The van der Waals surface area contributed by atoms with Crippen LogP contribution in [-0.2, 0) is 28.6 Å². The van der Waals surface area contributed by atoms with Crippen LogP contribution in [-0.4, -0.2) is 55.1 Å². The maximum absolute atomic E-state index is 10.4. The van der Waals surface area contributed by atoms with Crippen molar-refractivity contribution in [2.75, 3.05) is 19.8 Å². The molecule has 0 aromatic carbocycles. The minimum absolute atomic E-state index is 0. The molecular formula is C18H27AlO9. The number of carbonyl (C=O) groups is 3. The molecule has 0 bridgehead atoms. The van der Waals surface area contributed by atoms with Crippen LogP contribution < -0.4 is 15.3 Å². The number of esters is 3. The van der Waals surface area contributed by atoms with Gasteiger partial charge in [-0.1, -0.05) is 20.8 Å². The summed E-state index contributed by atoms with van der Waals surface area (Å²) in [6.45, 7) is 9.89. The van der Waals surface area contributed by atoms with Crippen molar-refractivity contribution >= 4 is 35.3 Å². The van der Waals surface area contributed by atoms with Gasteiger partial charge in [0.05, 0.1) is 19.8 Å². The van der Waals surface area contributed by atoms with Gasteiger partial charge in [0.2, 0.25) is 0 Å². The Morgan fingerprint density at radius 3 is 0.893 bits per heavy atom. The van der Waals surface area contributed by atoms with Crippen LogP contribution in [0, 0.1) is 0 Å². The van der Waals surface area contributed by atoms with E-state index in [0.29, 0.717) is 19.8 Å². The van der Waals surface area contributed by atoms with E-state index in [0.717, 1.165) is 18.2 Å². The van der Waals surface area contributed by atoms with Crippen molar-refractivity contribution in [1.82, 2.24) is 0 Å². The van der Waals surface area contributed by atoms with Crippen LogP contribution in [0.3, 0.4) is 0 Å². The third kappa shape index (κ3) is 34.8. The Hall–Kier alpha value is -2.44. The van der Waals surface area contributed by atoms with Crippen LogP contribution in [0.5, 0.6) is 0 Å². The van der Waals surface area contributed by atoms with Crippen molar-refractivity contribution in [2.24, 2.45) is 0 Å². The largest absolute Gasteiger partial charge is 3.00 e. The van der Waals surface area contributed by atoms with Gasteiger partial charge in [-0.3, -0.25) is 0 Å². The SMILES string of the molecule is CCOC(=O)/C=C(/C)[O-].CCOC(=O)/C=C(/C)[O-].CCOC(=O)/C=C(/C)[O-].[Al+3]. The van der Waals surface area contributed by atoms with Gasteiger partial charge in [-0.15, -0.1) is 17.3 Å². The maximum atomic E-state index is 10.4. The molecule has 0 heterocycles. The molecule has 0 atom stereocenters. The van der Waals surface area contributed by atoms with Gasteiger partial charge < -0.3 is 29.5 Å². The summed E-state index contributed by atoms with van der Waals surface area (Å²) in [5.74, 6) is -2.55. The summed E-state index contributed by atoms with van der Waals surface area (Å²) in [6.07, 6.45) is 2.76. The third-order valence-electron chi connectivity index (χ3n) is 1.82. The average molecular weight is 414 g/mol. The fourth-order valence-electron chi connectivity index (χ4n) is 1.05. The van der Waals surface area contributed by atoms with E-state index in [1.54, 1.807) is 20.8 Å². The molecule has 0 saturated carbocycles. The number of rotatable bonds is 6. The van der Waals surface area contributed by atoms with E-state index in [4.69, 9.17) is 0 Å². The average Bonchev–Trinajstić information content (AvgIpc) is 2.46. The first-order valence-corrected chi connectivity index (χ1v) is 8.06. The summed E-state index contributed by atoms with van der Waals surface area (Å²) in [7, 11) is 0. The molecule has 0 radical (unpaired) electrons. The smallest absolute Gasteiger partial charge is 0.875 e. The van der Waals surface area contributed by atoms with Crippen LogP contribution in [0.1, 0.15) is 41.5 Å². The first kappa shape index (κ1) is 33.2. The minimum Gasteiger partial charge on any atom is -0.875 e. The van der Waals surface area contributed by atoms with Crippen molar-refractivity contribution in [1.29, 1.82) is 0 Å². The van der Waals surface area contributed by atoms with Gasteiger partial charge in [-0.25, -0.2) is 14.4 Å². The van der Waals surface area contributed by atoms with Gasteiger partial charge in [-0.2, -0.15) is 0 Å². The summed E-state index contributed by atoms with van der Waals surface area (Å²) < 4.78 is 13.3. The molecule has 0 N–H and O–H groups in total. The summed E-state index contributed by atoms with van der Waals surface area (Å²) in [5.41, 5.74) is 0. The molecule has 0 aromatic heterocycles. The number of allylic oxidation sites excluding steroid dienone is 3. The van der Waals surface area contributed by atoms with E-state index in [2.05, 4.69) is 14.2 Å². The quantitative estimate of drug-likeness (QED) is 0.176. The van der Waals surface area contributed by atoms with E-state index in [1.807, 2.05) is 0 Å². The Balaban J connectivity index is -0.000000152. The molecule has 0 aliphatic rings. The normalized spacial score (nSPS) is 10.7. The second-order valence-corrected chi connectivity index (χ2v) is 4.52. The van der Waals surface area contributed by atoms with Crippen molar-refractivity contribution in [2.45, 2.75) is 41.5 Å². The molecule has 0 saturated heterocycles. The van der Waals surface area contributed by atoms with Crippen molar-refractivity contribution in [3.8, 4) is 0 Å². The maximum Gasteiger partial charge on any atom is 3.00 e. The molecular weight excluding hydrogens is 387 g/mol. The zero-order chi connectivity index (χ0) is 21.8. The van der Waals surface area contributed by atoms with Crippen LogP contribution >= 0.6 is 0 Å². The standard InChI is InChI=1S/3C6H10O3.Al/c3*1-3-9-6(8)4-5(2)7;/h3*4,7H,3H2,1-2H3;/q;;;+3/p-3/b3*5-4-;. The first-order chi connectivity index (χ1) is 12.5. The molecule has 28 heavy (non-hydrogen) atoms. The molecule has 0 amide bonds. The van der Waals surface area contributed by atoms with Crippen molar-refractivity contribution in [3.63, 3.8) is 0 Å². The second kappa shape index (κ2) is 22.6. The first-order valence-electron chi connectivity index (χ1n) is 8.06. The molecule has 0 aliphatic heterocycles. The van der Waals surface area contributed by atoms with Gasteiger partial charge in [0.1, 0.15) is 0 Å². The van der Waals surface area contributed by atoms with Gasteiger partial charge in [-0.05, 0) is 20.8 Å². The summed E-state index contributed by atoms with van der Waals surface area (Å²) in [5, 5.41) is 30.5. The van der Waals surface area contributed by atoms with Gasteiger partial charge in [0.25, 0.3) is 0 Å². The van der Waals surface area contributed by atoms with E-state index >= 15 is 0 Å². The zero-order valence-corrected chi connectivity index (χ0v) is 18.3. The number of hydrogen-bond donors (Lipinski definition) is 0. The second-order valence-electron chi connectivity index (χ2n) is 4.52. The number of ether oxygens (including phenoxy) is 3. The molecule has 0 rings (SSSR count). The fraction of sp³-hybridized carbons (Fsp3) is 0.500. The minimum atomic E-state index is -0.565. The van der Waals surface area contributed by atoms with Crippen LogP contribution in [0.25, 0.3) is 0 Å². The van der Waals surface area contributed by atoms with Crippen molar-refractivity contribution in [3.05, 3.63) is 35.5 Å². The molecule has 10 heteroatoms. The van der Waals surface area contributed by atoms with E-state index in [9.17, 15) is 29.7 Å². The summed E-state index contributed by atoms with van der Waals surface area (Å²) >= 11 is 0. The topological polar surface area (TPSA) is 148 Å². The Labute approximate surface area is 176 Å². The van der Waals surface area contributed by atoms with E-state index < -0.39 is 17.9 Å². The molecule has 0 spiro atoms.